The summed E-state index contributed by atoms with van der Waals surface area (Å²) in [5.74, 6) is 1.39. The van der Waals surface area contributed by atoms with Crippen LogP contribution in [0, 0.1) is 18.3 Å². The molecule has 0 aliphatic carbocycles. The van der Waals surface area contributed by atoms with Crippen LogP contribution in [-0.4, -0.2) is 41.4 Å². The molecule has 1 aliphatic rings. The summed E-state index contributed by atoms with van der Waals surface area (Å²) in [7, 11) is 0. The van der Waals surface area contributed by atoms with E-state index in [1.54, 1.807) is 0 Å². The smallest absolute Gasteiger partial charge is 0.194 e. The first kappa shape index (κ1) is 17.8. The van der Waals surface area contributed by atoms with Crippen LogP contribution in [0.3, 0.4) is 0 Å². The van der Waals surface area contributed by atoms with Gasteiger partial charge in [0.05, 0.1) is 6.04 Å². The summed E-state index contributed by atoms with van der Waals surface area (Å²) >= 11 is 0. The summed E-state index contributed by atoms with van der Waals surface area (Å²) in [5.41, 5.74) is 2.70. The molecule has 23 heavy (non-hydrogen) atoms. The number of nitrogens with one attached hydrogen (secondary N) is 1. The van der Waals surface area contributed by atoms with Gasteiger partial charge in [0, 0.05) is 19.6 Å². The fraction of sp³-hybridized carbons (Fsp3) is 0.650. The third-order valence-corrected chi connectivity index (χ3v) is 5.19. The first-order chi connectivity index (χ1) is 11.1. The molecule has 1 saturated heterocycles. The SMILES string of the molecule is CCCCN1CC(C(C)CC)N(CCc2cccc(C)c2)C1=N. The van der Waals surface area contributed by atoms with Crippen LogP contribution in [0.1, 0.15) is 51.2 Å². The number of benzene rings is 1. The molecule has 0 bridgehead atoms. The van der Waals surface area contributed by atoms with E-state index >= 15 is 0 Å². The van der Waals surface area contributed by atoms with E-state index in [-0.39, 0.29) is 0 Å². The molecule has 128 valence electrons. The van der Waals surface area contributed by atoms with Gasteiger partial charge in [0.1, 0.15) is 0 Å². The second-order valence-electron chi connectivity index (χ2n) is 7.01. The molecular formula is C20H33N3. The molecule has 1 aromatic carbocycles. The van der Waals surface area contributed by atoms with Crippen molar-refractivity contribution in [2.24, 2.45) is 5.92 Å². The average molecular weight is 316 g/mol. The fourth-order valence-electron chi connectivity index (χ4n) is 3.44. The van der Waals surface area contributed by atoms with Gasteiger partial charge in [-0.25, -0.2) is 0 Å². The van der Waals surface area contributed by atoms with Crippen LogP contribution in [0.15, 0.2) is 24.3 Å². The molecular weight excluding hydrogens is 282 g/mol. The Labute approximate surface area is 142 Å². The van der Waals surface area contributed by atoms with Gasteiger partial charge in [-0.3, -0.25) is 5.41 Å². The van der Waals surface area contributed by atoms with Crippen LogP contribution in [0.25, 0.3) is 0 Å². The summed E-state index contributed by atoms with van der Waals surface area (Å²) in [5, 5.41) is 8.60. The maximum Gasteiger partial charge on any atom is 0.194 e. The van der Waals surface area contributed by atoms with Gasteiger partial charge < -0.3 is 9.80 Å². The lowest BCUT2D eigenvalue weighted by molar-refractivity contribution is 0.256. The number of hydrogen-bond acceptors (Lipinski definition) is 1. The van der Waals surface area contributed by atoms with Gasteiger partial charge in [0.2, 0.25) is 0 Å². The summed E-state index contributed by atoms with van der Waals surface area (Å²) in [6.07, 6.45) is 4.58. The van der Waals surface area contributed by atoms with Crippen molar-refractivity contribution in [3.63, 3.8) is 0 Å². The van der Waals surface area contributed by atoms with Gasteiger partial charge in [-0.15, -0.1) is 0 Å². The standard InChI is InChI=1S/C20H33N3/c1-5-7-12-22-15-19(17(4)6-2)23(20(22)21)13-11-18-10-8-9-16(3)14-18/h8-10,14,17,19,21H,5-7,11-13,15H2,1-4H3. The van der Waals surface area contributed by atoms with Gasteiger partial charge in [-0.2, -0.15) is 0 Å². The van der Waals surface area contributed by atoms with Crippen LogP contribution >= 0.6 is 0 Å². The highest BCUT2D eigenvalue weighted by atomic mass is 15.4. The number of nitrogens with zero attached hydrogens (tertiary/aromatic N) is 2. The van der Waals surface area contributed by atoms with Gasteiger partial charge in [0.25, 0.3) is 0 Å². The van der Waals surface area contributed by atoms with Crippen molar-refractivity contribution in [3.05, 3.63) is 35.4 Å². The quantitative estimate of drug-likeness (QED) is 0.775. The molecule has 3 heteroatoms. The van der Waals surface area contributed by atoms with Crippen LogP contribution < -0.4 is 0 Å². The van der Waals surface area contributed by atoms with Crippen molar-refractivity contribution < 1.29 is 0 Å². The number of guanidine groups is 1. The molecule has 0 radical (unpaired) electrons. The molecule has 0 saturated carbocycles. The average Bonchev–Trinajstić information content (AvgIpc) is 2.86. The molecule has 0 spiro atoms. The topological polar surface area (TPSA) is 30.3 Å². The van der Waals surface area contributed by atoms with E-state index in [1.807, 2.05) is 0 Å². The van der Waals surface area contributed by atoms with E-state index in [9.17, 15) is 0 Å². The molecule has 1 heterocycles. The number of hydrogen-bond donors (Lipinski definition) is 1. The normalized spacial score (nSPS) is 19.5. The van der Waals surface area contributed by atoms with Crippen molar-refractivity contribution in [2.75, 3.05) is 19.6 Å². The number of unbranched alkanes of at least 4 members (excludes halogenated alkanes) is 1. The summed E-state index contributed by atoms with van der Waals surface area (Å²) in [6.45, 7) is 12.0. The van der Waals surface area contributed by atoms with Crippen molar-refractivity contribution in [2.45, 2.75) is 59.4 Å². The van der Waals surface area contributed by atoms with E-state index in [4.69, 9.17) is 5.41 Å². The lowest BCUT2D eigenvalue weighted by atomic mass is 9.98. The first-order valence-corrected chi connectivity index (χ1v) is 9.22. The van der Waals surface area contributed by atoms with Crippen LogP contribution in [0.4, 0.5) is 0 Å². The van der Waals surface area contributed by atoms with Gasteiger partial charge in [-0.1, -0.05) is 63.4 Å². The number of aryl methyl sites for hydroxylation is 1. The minimum Gasteiger partial charge on any atom is -0.341 e. The van der Waals surface area contributed by atoms with E-state index in [0.29, 0.717) is 12.0 Å². The third-order valence-electron chi connectivity index (χ3n) is 5.19. The predicted octanol–water partition coefficient (Wildman–Crippen LogP) is 4.30. The minimum absolute atomic E-state index is 0.495. The largest absolute Gasteiger partial charge is 0.341 e. The molecule has 3 nitrogen and oxygen atoms in total. The van der Waals surface area contributed by atoms with E-state index in [2.05, 4.69) is 61.8 Å². The van der Waals surface area contributed by atoms with Crippen molar-refractivity contribution in [1.82, 2.24) is 9.80 Å². The summed E-state index contributed by atoms with van der Waals surface area (Å²) in [6, 6.07) is 9.26. The minimum atomic E-state index is 0.495. The maximum atomic E-state index is 8.60. The lowest BCUT2D eigenvalue weighted by Crippen LogP contribution is -2.40. The molecule has 1 fully saturated rings. The zero-order valence-corrected chi connectivity index (χ0v) is 15.3. The second-order valence-corrected chi connectivity index (χ2v) is 7.01. The van der Waals surface area contributed by atoms with E-state index in [0.717, 1.165) is 32.0 Å². The molecule has 1 aliphatic heterocycles. The summed E-state index contributed by atoms with van der Waals surface area (Å²) < 4.78 is 0. The van der Waals surface area contributed by atoms with Crippen LogP contribution in [-0.2, 0) is 6.42 Å². The van der Waals surface area contributed by atoms with Gasteiger partial charge >= 0.3 is 0 Å². The van der Waals surface area contributed by atoms with E-state index in [1.165, 1.54) is 30.4 Å². The Kier molecular flexibility index (Phi) is 6.49. The fourth-order valence-corrected chi connectivity index (χ4v) is 3.44. The van der Waals surface area contributed by atoms with Crippen LogP contribution in [0.5, 0.6) is 0 Å². The molecule has 0 aromatic heterocycles. The first-order valence-electron chi connectivity index (χ1n) is 9.22. The molecule has 2 rings (SSSR count). The Morgan fingerprint density at radius 1 is 1.26 bits per heavy atom. The lowest BCUT2D eigenvalue weighted by Gasteiger charge is -2.29. The van der Waals surface area contributed by atoms with E-state index < -0.39 is 0 Å². The molecule has 2 atom stereocenters. The maximum absolute atomic E-state index is 8.60. The highest BCUT2D eigenvalue weighted by Gasteiger charge is 2.36. The van der Waals surface area contributed by atoms with Gasteiger partial charge in [0.15, 0.2) is 5.96 Å². The highest BCUT2D eigenvalue weighted by molar-refractivity contribution is 5.79. The molecule has 1 N–H and O–H groups in total. The molecule has 1 aromatic rings. The summed E-state index contributed by atoms with van der Waals surface area (Å²) in [4.78, 5) is 4.64. The Balaban J connectivity index is 2.04. The van der Waals surface area contributed by atoms with Crippen LogP contribution in [0.2, 0.25) is 0 Å². The Hall–Kier alpha value is -1.51. The Morgan fingerprint density at radius 2 is 2.04 bits per heavy atom. The predicted molar refractivity (Wildman–Crippen MR) is 99.0 cm³/mol. The molecule has 2 unspecified atom stereocenters. The Bertz CT molecular complexity index is 511. The number of rotatable bonds is 8. The van der Waals surface area contributed by atoms with Crippen molar-refractivity contribution in [3.8, 4) is 0 Å². The van der Waals surface area contributed by atoms with Gasteiger partial charge in [-0.05, 0) is 31.2 Å². The third kappa shape index (κ3) is 4.49. The monoisotopic (exact) mass is 315 g/mol. The second kappa shape index (κ2) is 8.37. The Morgan fingerprint density at radius 3 is 2.70 bits per heavy atom. The van der Waals surface area contributed by atoms with Crippen molar-refractivity contribution >= 4 is 5.96 Å². The zero-order chi connectivity index (χ0) is 16.8. The molecule has 0 amide bonds. The highest BCUT2D eigenvalue weighted by Crippen LogP contribution is 2.24. The zero-order valence-electron chi connectivity index (χ0n) is 15.3. The van der Waals surface area contributed by atoms with Crippen molar-refractivity contribution in [1.29, 1.82) is 5.41 Å².